The number of carbonyl (C=O) groups is 1. The zero-order valence-corrected chi connectivity index (χ0v) is 12.0. The minimum atomic E-state index is -0.114. The number of nitrogens with zero attached hydrogens (tertiary/aromatic N) is 1. The number of benzene rings is 1. The molecule has 1 heterocycles. The second-order valence-corrected chi connectivity index (χ2v) is 5.04. The van der Waals surface area contributed by atoms with E-state index < -0.39 is 0 Å². The van der Waals surface area contributed by atoms with Crippen LogP contribution in [0, 0.1) is 0 Å². The van der Waals surface area contributed by atoms with E-state index in [0.717, 1.165) is 18.8 Å². The van der Waals surface area contributed by atoms with Gasteiger partial charge in [-0.1, -0.05) is 12.1 Å². The van der Waals surface area contributed by atoms with Gasteiger partial charge in [0.1, 0.15) is 5.75 Å². The maximum atomic E-state index is 11.4. The minimum Gasteiger partial charge on any atom is -0.497 e. The largest absolute Gasteiger partial charge is 0.497 e. The van der Waals surface area contributed by atoms with Crippen molar-refractivity contribution in [3.05, 3.63) is 29.8 Å². The molecule has 1 amide bonds. The third-order valence-corrected chi connectivity index (χ3v) is 3.74. The second-order valence-electron chi connectivity index (χ2n) is 5.04. The number of nitrogens with one attached hydrogen (secondary N) is 1. The highest BCUT2D eigenvalue weighted by atomic mass is 16.5. The van der Waals surface area contributed by atoms with Crippen LogP contribution in [0.4, 0.5) is 0 Å². The highest BCUT2D eigenvalue weighted by Crippen LogP contribution is 2.27. The molecule has 1 atom stereocenters. The van der Waals surface area contributed by atoms with Gasteiger partial charge in [0.2, 0.25) is 5.91 Å². The number of amides is 1. The predicted molar refractivity (Wildman–Crippen MR) is 78.6 cm³/mol. The molecule has 3 N–H and O–H groups in total. The standard InChI is InChI=1S/C15H23N3O2/c1-20-13-6-4-5-12(9-13)14(11-17-15(19)10-16)18-7-2-3-8-18/h4-6,9,14H,2-3,7-8,10-11,16H2,1H3,(H,17,19). The van der Waals surface area contributed by atoms with Gasteiger partial charge in [-0.05, 0) is 43.6 Å². The minimum absolute atomic E-state index is 0.0326. The second kappa shape index (κ2) is 7.26. The van der Waals surface area contributed by atoms with Crippen LogP contribution < -0.4 is 15.8 Å². The van der Waals surface area contributed by atoms with E-state index in [4.69, 9.17) is 10.5 Å². The molecular weight excluding hydrogens is 254 g/mol. The van der Waals surface area contributed by atoms with Gasteiger partial charge in [0.15, 0.2) is 0 Å². The fourth-order valence-electron chi connectivity index (χ4n) is 2.64. The molecule has 0 aromatic heterocycles. The van der Waals surface area contributed by atoms with Crippen LogP contribution in [0.3, 0.4) is 0 Å². The summed E-state index contributed by atoms with van der Waals surface area (Å²) in [5.41, 5.74) is 6.52. The van der Waals surface area contributed by atoms with Crippen molar-refractivity contribution in [2.24, 2.45) is 5.73 Å². The summed E-state index contributed by atoms with van der Waals surface area (Å²) in [7, 11) is 1.67. The lowest BCUT2D eigenvalue weighted by Crippen LogP contribution is -2.39. The number of rotatable bonds is 6. The van der Waals surface area contributed by atoms with Crippen LogP contribution in [-0.2, 0) is 4.79 Å². The highest BCUT2D eigenvalue weighted by Gasteiger charge is 2.24. The van der Waals surface area contributed by atoms with Crippen LogP contribution in [0.25, 0.3) is 0 Å². The van der Waals surface area contributed by atoms with E-state index >= 15 is 0 Å². The van der Waals surface area contributed by atoms with E-state index in [-0.39, 0.29) is 18.5 Å². The van der Waals surface area contributed by atoms with Crippen molar-refractivity contribution in [1.29, 1.82) is 0 Å². The van der Waals surface area contributed by atoms with E-state index in [1.807, 2.05) is 18.2 Å². The van der Waals surface area contributed by atoms with Crippen LogP contribution in [0.2, 0.25) is 0 Å². The van der Waals surface area contributed by atoms with Gasteiger partial charge in [0.25, 0.3) is 0 Å². The quantitative estimate of drug-likeness (QED) is 0.811. The molecule has 1 fully saturated rings. The molecule has 2 rings (SSSR count). The Hall–Kier alpha value is -1.59. The van der Waals surface area contributed by atoms with Crippen molar-refractivity contribution < 1.29 is 9.53 Å². The van der Waals surface area contributed by atoms with Gasteiger partial charge >= 0.3 is 0 Å². The molecule has 1 aliphatic heterocycles. The number of nitrogens with two attached hydrogens (primary N) is 1. The van der Waals surface area contributed by atoms with Gasteiger partial charge < -0.3 is 15.8 Å². The third kappa shape index (κ3) is 3.71. The SMILES string of the molecule is COc1cccc(C(CNC(=O)CN)N2CCCC2)c1. The number of methoxy groups -OCH3 is 1. The Labute approximate surface area is 120 Å². The van der Waals surface area contributed by atoms with Crippen LogP contribution in [0.5, 0.6) is 5.75 Å². The summed E-state index contributed by atoms with van der Waals surface area (Å²) in [6.07, 6.45) is 2.43. The monoisotopic (exact) mass is 277 g/mol. The van der Waals surface area contributed by atoms with Crippen LogP contribution in [-0.4, -0.2) is 44.1 Å². The molecule has 1 aromatic rings. The van der Waals surface area contributed by atoms with Crippen molar-refractivity contribution in [3.63, 3.8) is 0 Å². The van der Waals surface area contributed by atoms with Crippen LogP contribution in [0.1, 0.15) is 24.4 Å². The van der Waals surface area contributed by atoms with Gasteiger partial charge in [-0.3, -0.25) is 9.69 Å². The topological polar surface area (TPSA) is 67.6 Å². The van der Waals surface area contributed by atoms with Gasteiger partial charge in [-0.15, -0.1) is 0 Å². The van der Waals surface area contributed by atoms with Crippen molar-refractivity contribution in [2.45, 2.75) is 18.9 Å². The lowest BCUT2D eigenvalue weighted by Gasteiger charge is -2.28. The zero-order valence-electron chi connectivity index (χ0n) is 12.0. The summed E-state index contributed by atoms with van der Waals surface area (Å²) < 4.78 is 5.29. The summed E-state index contributed by atoms with van der Waals surface area (Å²) in [5.74, 6) is 0.731. The summed E-state index contributed by atoms with van der Waals surface area (Å²) in [5, 5.41) is 2.90. The molecular formula is C15H23N3O2. The van der Waals surface area contributed by atoms with E-state index in [1.165, 1.54) is 18.4 Å². The molecule has 1 unspecified atom stereocenters. The summed E-state index contributed by atoms with van der Waals surface area (Å²) >= 11 is 0. The average molecular weight is 277 g/mol. The van der Waals surface area contributed by atoms with E-state index in [2.05, 4.69) is 16.3 Å². The molecule has 0 radical (unpaired) electrons. The fraction of sp³-hybridized carbons (Fsp3) is 0.533. The molecule has 5 heteroatoms. The van der Waals surface area contributed by atoms with Crippen LogP contribution >= 0.6 is 0 Å². The van der Waals surface area contributed by atoms with Crippen molar-refractivity contribution >= 4 is 5.91 Å². The van der Waals surface area contributed by atoms with Crippen molar-refractivity contribution in [2.75, 3.05) is 33.3 Å². The number of likely N-dealkylation sites (tertiary alicyclic amines) is 1. The first-order valence-electron chi connectivity index (χ1n) is 7.09. The maximum Gasteiger partial charge on any atom is 0.233 e. The van der Waals surface area contributed by atoms with Gasteiger partial charge in [0, 0.05) is 6.54 Å². The fourth-order valence-corrected chi connectivity index (χ4v) is 2.64. The third-order valence-electron chi connectivity index (χ3n) is 3.74. The molecule has 0 spiro atoms. The first-order chi connectivity index (χ1) is 9.74. The number of hydrogen-bond acceptors (Lipinski definition) is 4. The van der Waals surface area contributed by atoms with Gasteiger partial charge in [-0.2, -0.15) is 0 Å². The molecule has 1 saturated heterocycles. The van der Waals surface area contributed by atoms with E-state index in [0.29, 0.717) is 6.54 Å². The summed E-state index contributed by atoms with van der Waals surface area (Å²) in [6, 6.07) is 8.23. The van der Waals surface area contributed by atoms with E-state index in [1.54, 1.807) is 7.11 Å². The van der Waals surface area contributed by atoms with Gasteiger partial charge in [0.05, 0.1) is 19.7 Å². The Morgan fingerprint density at radius 3 is 2.85 bits per heavy atom. The number of carbonyl (C=O) groups excluding carboxylic acids is 1. The lowest BCUT2D eigenvalue weighted by atomic mass is 10.0. The molecule has 1 aliphatic rings. The van der Waals surface area contributed by atoms with E-state index in [9.17, 15) is 4.79 Å². The predicted octanol–water partition coefficient (Wildman–Crippen LogP) is 0.907. The Bertz CT molecular complexity index is 444. The molecule has 110 valence electrons. The number of hydrogen-bond donors (Lipinski definition) is 2. The average Bonchev–Trinajstić information content (AvgIpc) is 3.01. The van der Waals surface area contributed by atoms with Crippen LogP contribution in [0.15, 0.2) is 24.3 Å². The Balaban J connectivity index is 2.13. The highest BCUT2D eigenvalue weighted by molar-refractivity contribution is 5.77. The zero-order chi connectivity index (χ0) is 14.4. The first-order valence-corrected chi connectivity index (χ1v) is 7.09. The smallest absolute Gasteiger partial charge is 0.233 e. The molecule has 20 heavy (non-hydrogen) atoms. The summed E-state index contributed by atoms with van der Waals surface area (Å²) in [6.45, 7) is 2.76. The maximum absolute atomic E-state index is 11.4. The lowest BCUT2D eigenvalue weighted by molar-refractivity contribution is -0.119. The van der Waals surface area contributed by atoms with Gasteiger partial charge in [-0.25, -0.2) is 0 Å². The Morgan fingerprint density at radius 1 is 1.45 bits per heavy atom. The molecule has 0 bridgehead atoms. The molecule has 1 aromatic carbocycles. The Kier molecular flexibility index (Phi) is 5.38. The normalized spacial score (nSPS) is 16.9. The molecule has 0 saturated carbocycles. The molecule has 5 nitrogen and oxygen atoms in total. The van der Waals surface area contributed by atoms with Crippen molar-refractivity contribution in [3.8, 4) is 5.75 Å². The Morgan fingerprint density at radius 2 is 2.20 bits per heavy atom. The summed E-state index contributed by atoms with van der Waals surface area (Å²) in [4.78, 5) is 13.8. The number of ether oxygens (including phenoxy) is 1. The first kappa shape index (κ1) is 14.8. The van der Waals surface area contributed by atoms with Crippen molar-refractivity contribution in [1.82, 2.24) is 10.2 Å². The molecule has 0 aliphatic carbocycles.